The number of pyridine rings is 1. The van der Waals surface area contributed by atoms with Gasteiger partial charge >= 0.3 is 11.9 Å². The van der Waals surface area contributed by atoms with E-state index >= 15 is 0 Å². The van der Waals surface area contributed by atoms with Gasteiger partial charge in [-0.05, 0) is 70.1 Å². The Balaban J connectivity index is 2.91. The van der Waals surface area contributed by atoms with Crippen molar-refractivity contribution in [2.45, 2.75) is 93.4 Å². The van der Waals surface area contributed by atoms with E-state index in [1.165, 1.54) is 0 Å². The van der Waals surface area contributed by atoms with Crippen molar-refractivity contribution in [3.63, 3.8) is 0 Å². The Hall–Kier alpha value is -2.24. The van der Waals surface area contributed by atoms with Crippen LogP contribution in [0.3, 0.4) is 0 Å². The molecule has 0 saturated carbocycles. The van der Waals surface area contributed by atoms with Crippen LogP contribution in [0.1, 0.15) is 99.0 Å². The normalized spacial score (nSPS) is 14.8. The summed E-state index contributed by atoms with van der Waals surface area (Å²) in [6.45, 7) is 15.4. The van der Waals surface area contributed by atoms with Gasteiger partial charge in [-0.15, -0.1) is 0 Å². The van der Waals surface area contributed by atoms with Crippen LogP contribution in [-0.4, -0.2) is 35.9 Å². The SMILES string of the molecule is CCC(=O)C(C)(C)CC(CC(C)(CC)C(=O)OCCOC(=O)C(C)(C)CC)c1ccncc1. The van der Waals surface area contributed by atoms with Crippen LogP contribution in [0, 0.1) is 16.2 Å². The number of Topliss-reactive ketones (excluding diaryl/α,β-unsaturated/α-hetero) is 1. The monoisotopic (exact) mass is 461 g/mol. The fourth-order valence-electron chi connectivity index (χ4n) is 3.85. The Morgan fingerprint density at radius 2 is 1.36 bits per heavy atom. The molecule has 2 atom stereocenters. The maximum Gasteiger partial charge on any atom is 0.311 e. The number of nitrogens with zero attached hydrogens (tertiary/aromatic N) is 1. The molecule has 1 aromatic rings. The number of esters is 2. The molecule has 1 aromatic heterocycles. The Morgan fingerprint density at radius 1 is 0.818 bits per heavy atom. The molecule has 1 rings (SSSR count). The zero-order valence-electron chi connectivity index (χ0n) is 21.8. The second kappa shape index (κ2) is 12.3. The van der Waals surface area contributed by atoms with E-state index in [2.05, 4.69) is 4.98 Å². The first-order valence-corrected chi connectivity index (χ1v) is 12.1. The number of ketones is 1. The highest BCUT2D eigenvalue weighted by molar-refractivity contribution is 5.83. The van der Waals surface area contributed by atoms with Gasteiger partial charge in [0, 0.05) is 24.2 Å². The average Bonchev–Trinajstić information content (AvgIpc) is 2.80. The quantitative estimate of drug-likeness (QED) is 0.254. The number of rotatable bonds is 14. The maximum absolute atomic E-state index is 13.1. The van der Waals surface area contributed by atoms with Crippen LogP contribution in [0.5, 0.6) is 0 Å². The summed E-state index contributed by atoms with van der Waals surface area (Å²) >= 11 is 0. The number of carbonyl (C=O) groups is 3. The van der Waals surface area contributed by atoms with Crippen LogP contribution in [0.2, 0.25) is 0 Å². The van der Waals surface area contributed by atoms with E-state index in [1.54, 1.807) is 12.4 Å². The molecule has 0 amide bonds. The van der Waals surface area contributed by atoms with E-state index in [0.29, 0.717) is 32.1 Å². The summed E-state index contributed by atoms with van der Waals surface area (Å²) in [6.07, 6.45) is 6.42. The van der Waals surface area contributed by atoms with Gasteiger partial charge < -0.3 is 9.47 Å². The standard InChI is InChI=1S/C27H43NO5/c1-9-22(29)26(6,7)18-21(20-12-14-28-15-13-20)19-27(8,11-3)24(31)33-17-16-32-23(30)25(4,5)10-2/h12-15,21H,9-11,16-19H2,1-8H3. The van der Waals surface area contributed by atoms with Gasteiger partial charge in [0.2, 0.25) is 0 Å². The van der Waals surface area contributed by atoms with Gasteiger partial charge in [0.15, 0.2) is 0 Å². The van der Waals surface area contributed by atoms with Crippen LogP contribution in [-0.2, 0) is 23.9 Å². The molecule has 0 aliphatic heterocycles. The lowest BCUT2D eigenvalue weighted by molar-refractivity contribution is -0.164. The van der Waals surface area contributed by atoms with Gasteiger partial charge in [-0.3, -0.25) is 19.4 Å². The molecular weight excluding hydrogens is 418 g/mol. The van der Waals surface area contributed by atoms with Gasteiger partial charge in [0.1, 0.15) is 19.0 Å². The molecule has 0 saturated heterocycles. The van der Waals surface area contributed by atoms with Crippen LogP contribution in [0.25, 0.3) is 0 Å². The number of hydrogen-bond acceptors (Lipinski definition) is 6. The summed E-state index contributed by atoms with van der Waals surface area (Å²) in [6, 6.07) is 3.90. The van der Waals surface area contributed by atoms with Crippen LogP contribution in [0.15, 0.2) is 24.5 Å². The van der Waals surface area contributed by atoms with Gasteiger partial charge in [-0.2, -0.15) is 0 Å². The molecule has 186 valence electrons. The maximum atomic E-state index is 13.1. The summed E-state index contributed by atoms with van der Waals surface area (Å²) in [5.74, 6) is -0.396. The number of hydrogen-bond donors (Lipinski definition) is 0. The molecule has 6 heteroatoms. The largest absolute Gasteiger partial charge is 0.462 e. The first kappa shape index (κ1) is 28.8. The molecule has 1 heterocycles. The fourth-order valence-corrected chi connectivity index (χ4v) is 3.85. The van der Waals surface area contributed by atoms with Gasteiger partial charge in [-0.1, -0.05) is 34.6 Å². The Labute approximate surface area is 199 Å². The molecule has 0 N–H and O–H groups in total. The van der Waals surface area contributed by atoms with Crippen molar-refractivity contribution in [2.75, 3.05) is 13.2 Å². The number of carbonyl (C=O) groups excluding carboxylic acids is 3. The molecule has 33 heavy (non-hydrogen) atoms. The van der Waals surface area contributed by atoms with Crippen molar-refractivity contribution in [3.05, 3.63) is 30.1 Å². The zero-order valence-corrected chi connectivity index (χ0v) is 21.8. The molecule has 0 bridgehead atoms. The Morgan fingerprint density at radius 3 is 1.85 bits per heavy atom. The van der Waals surface area contributed by atoms with Crippen molar-refractivity contribution < 1.29 is 23.9 Å². The molecular formula is C27H43NO5. The first-order chi connectivity index (χ1) is 15.3. The molecule has 2 unspecified atom stereocenters. The van der Waals surface area contributed by atoms with Gasteiger partial charge in [0.05, 0.1) is 10.8 Å². The summed E-state index contributed by atoms with van der Waals surface area (Å²) < 4.78 is 10.8. The highest BCUT2D eigenvalue weighted by Crippen LogP contribution is 2.42. The van der Waals surface area contributed by atoms with E-state index < -0.39 is 16.2 Å². The van der Waals surface area contributed by atoms with Crippen LogP contribution in [0.4, 0.5) is 0 Å². The summed E-state index contributed by atoms with van der Waals surface area (Å²) in [5, 5.41) is 0. The number of ether oxygens (including phenoxy) is 2. The topological polar surface area (TPSA) is 82.6 Å². The molecule has 0 spiro atoms. The number of aromatic nitrogens is 1. The minimum absolute atomic E-state index is 0.000758. The van der Waals surface area contributed by atoms with E-state index in [1.807, 2.05) is 67.5 Å². The fraction of sp³-hybridized carbons (Fsp3) is 0.704. The van der Waals surface area contributed by atoms with Gasteiger partial charge in [-0.25, -0.2) is 0 Å². The van der Waals surface area contributed by atoms with Crippen molar-refractivity contribution in [1.82, 2.24) is 4.98 Å². The van der Waals surface area contributed by atoms with Crippen LogP contribution >= 0.6 is 0 Å². The molecule has 0 fully saturated rings. The lowest BCUT2D eigenvalue weighted by atomic mass is 9.69. The van der Waals surface area contributed by atoms with E-state index in [0.717, 1.165) is 5.56 Å². The summed E-state index contributed by atoms with van der Waals surface area (Å²) in [5.41, 5.74) is -0.721. The Bertz CT molecular complexity index is 787. The van der Waals surface area contributed by atoms with Crippen LogP contribution < -0.4 is 0 Å². The molecule has 0 aliphatic rings. The molecule has 0 radical (unpaired) electrons. The highest BCUT2D eigenvalue weighted by Gasteiger charge is 2.39. The minimum Gasteiger partial charge on any atom is -0.462 e. The predicted molar refractivity (Wildman–Crippen MR) is 130 cm³/mol. The first-order valence-electron chi connectivity index (χ1n) is 12.1. The second-order valence-electron chi connectivity index (χ2n) is 10.5. The predicted octanol–water partition coefficient (Wildman–Crippen LogP) is 5.89. The molecule has 0 aromatic carbocycles. The van der Waals surface area contributed by atoms with Crippen molar-refractivity contribution in [1.29, 1.82) is 0 Å². The van der Waals surface area contributed by atoms with Crippen molar-refractivity contribution in [2.24, 2.45) is 16.2 Å². The van der Waals surface area contributed by atoms with E-state index in [4.69, 9.17) is 9.47 Å². The van der Waals surface area contributed by atoms with Crippen molar-refractivity contribution in [3.8, 4) is 0 Å². The van der Waals surface area contributed by atoms with E-state index in [-0.39, 0.29) is 36.9 Å². The van der Waals surface area contributed by atoms with E-state index in [9.17, 15) is 14.4 Å². The highest BCUT2D eigenvalue weighted by atomic mass is 16.6. The third-order valence-electron chi connectivity index (χ3n) is 6.97. The Kier molecular flexibility index (Phi) is 10.7. The second-order valence-corrected chi connectivity index (χ2v) is 10.5. The summed E-state index contributed by atoms with van der Waals surface area (Å²) in [7, 11) is 0. The molecule has 0 aliphatic carbocycles. The third-order valence-corrected chi connectivity index (χ3v) is 6.97. The van der Waals surface area contributed by atoms with Gasteiger partial charge in [0.25, 0.3) is 0 Å². The molecule has 6 nitrogen and oxygen atoms in total. The lowest BCUT2D eigenvalue weighted by Gasteiger charge is -2.34. The minimum atomic E-state index is -0.730. The summed E-state index contributed by atoms with van der Waals surface area (Å²) in [4.78, 5) is 41.8. The average molecular weight is 462 g/mol. The zero-order chi connectivity index (χ0) is 25.3. The van der Waals surface area contributed by atoms with Crippen molar-refractivity contribution >= 4 is 17.7 Å². The third kappa shape index (κ3) is 8.24. The lowest BCUT2D eigenvalue weighted by Crippen LogP contribution is -2.34. The smallest absolute Gasteiger partial charge is 0.311 e.